The van der Waals surface area contributed by atoms with Crippen molar-refractivity contribution < 1.29 is 13.5 Å². The molecule has 1 aliphatic rings. The van der Waals surface area contributed by atoms with Gasteiger partial charge in [0, 0.05) is 10.6 Å². The summed E-state index contributed by atoms with van der Waals surface area (Å²) in [6.07, 6.45) is 1.38. The minimum atomic E-state index is -3.34. The van der Waals surface area contributed by atoms with Crippen molar-refractivity contribution in [1.82, 2.24) is 0 Å². The van der Waals surface area contributed by atoms with Crippen molar-refractivity contribution in [1.29, 1.82) is 0 Å². The molecule has 0 saturated heterocycles. The van der Waals surface area contributed by atoms with E-state index in [0.717, 1.165) is 0 Å². The van der Waals surface area contributed by atoms with E-state index < -0.39 is 10.0 Å². The summed E-state index contributed by atoms with van der Waals surface area (Å²) in [4.78, 5) is 0. The van der Waals surface area contributed by atoms with Gasteiger partial charge in [0.05, 0.1) is 10.9 Å². The molecule has 0 atom stereocenters. The van der Waals surface area contributed by atoms with Gasteiger partial charge in [-0.25, -0.2) is 8.42 Å². The van der Waals surface area contributed by atoms with E-state index in [1.54, 1.807) is 12.1 Å². The van der Waals surface area contributed by atoms with Crippen molar-refractivity contribution in [2.45, 2.75) is 18.1 Å². The Bertz CT molecular complexity index is 612. The lowest BCUT2D eigenvalue weighted by atomic mass is 10.2. The van der Waals surface area contributed by atoms with Crippen LogP contribution in [0.15, 0.2) is 18.2 Å². The highest BCUT2D eigenvalue weighted by Crippen LogP contribution is 2.31. The van der Waals surface area contributed by atoms with Gasteiger partial charge >= 0.3 is 0 Å². The van der Waals surface area contributed by atoms with Crippen LogP contribution in [-0.4, -0.2) is 25.4 Å². The van der Waals surface area contributed by atoms with Crippen LogP contribution in [-0.2, 0) is 10.0 Å². The molecule has 1 saturated carbocycles. The van der Waals surface area contributed by atoms with Gasteiger partial charge in [-0.2, -0.15) is 0 Å². The van der Waals surface area contributed by atoms with E-state index in [2.05, 4.69) is 16.6 Å². The molecule has 0 bridgehead atoms. The maximum absolute atomic E-state index is 11.8. The average Bonchev–Trinajstić information content (AvgIpc) is 3.11. The van der Waals surface area contributed by atoms with Gasteiger partial charge in [-0.15, -0.1) is 0 Å². The summed E-state index contributed by atoms with van der Waals surface area (Å²) in [5.74, 6) is 5.17. The van der Waals surface area contributed by atoms with Crippen LogP contribution in [0.2, 0.25) is 5.02 Å². The Labute approximate surface area is 111 Å². The molecule has 0 amide bonds. The van der Waals surface area contributed by atoms with Crippen LogP contribution in [0.3, 0.4) is 0 Å². The minimum absolute atomic E-state index is 0.280. The van der Waals surface area contributed by atoms with Crippen molar-refractivity contribution in [2.24, 2.45) is 0 Å². The molecule has 96 valence electrons. The topological polar surface area (TPSA) is 66.4 Å². The molecule has 0 spiro atoms. The molecular formula is C12H12ClNO3S. The zero-order valence-electron chi connectivity index (χ0n) is 9.48. The van der Waals surface area contributed by atoms with E-state index in [1.165, 1.54) is 6.07 Å². The number of anilines is 1. The Hall–Kier alpha value is -1.22. The summed E-state index contributed by atoms with van der Waals surface area (Å²) in [7, 11) is -3.34. The summed E-state index contributed by atoms with van der Waals surface area (Å²) in [6, 6.07) is 4.76. The van der Waals surface area contributed by atoms with Crippen molar-refractivity contribution >= 4 is 27.3 Å². The van der Waals surface area contributed by atoms with Gasteiger partial charge in [0.2, 0.25) is 10.0 Å². The highest BCUT2D eigenvalue weighted by atomic mass is 35.5. The Morgan fingerprint density at radius 3 is 2.78 bits per heavy atom. The number of nitrogens with one attached hydrogen (secondary N) is 1. The third-order valence-electron chi connectivity index (χ3n) is 2.50. The molecule has 1 aromatic carbocycles. The Morgan fingerprint density at radius 2 is 2.17 bits per heavy atom. The third kappa shape index (κ3) is 3.16. The molecule has 1 aromatic rings. The molecule has 18 heavy (non-hydrogen) atoms. The van der Waals surface area contributed by atoms with E-state index in [9.17, 15) is 8.42 Å². The maximum Gasteiger partial charge on any atom is 0.235 e. The van der Waals surface area contributed by atoms with Crippen molar-refractivity contribution in [3.63, 3.8) is 0 Å². The molecule has 0 aliphatic heterocycles. The Kier molecular flexibility index (Phi) is 3.81. The first-order valence-corrected chi connectivity index (χ1v) is 7.36. The second-order valence-electron chi connectivity index (χ2n) is 4.00. The number of halogens is 1. The quantitative estimate of drug-likeness (QED) is 0.829. The monoisotopic (exact) mass is 285 g/mol. The number of rotatable bonds is 3. The number of benzene rings is 1. The summed E-state index contributed by atoms with van der Waals surface area (Å²) in [5.41, 5.74) is 0.855. The van der Waals surface area contributed by atoms with Gasteiger partial charge in [0.1, 0.15) is 6.61 Å². The molecule has 2 rings (SSSR count). The van der Waals surface area contributed by atoms with Crippen molar-refractivity contribution in [3.8, 4) is 11.8 Å². The fraction of sp³-hybridized carbons (Fsp3) is 0.333. The van der Waals surface area contributed by atoms with Crippen LogP contribution in [0.1, 0.15) is 18.4 Å². The zero-order valence-corrected chi connectivity index (χ0v) is 11.1. The van der Waals surface area contributed by atoms with Crippen LogP contribution in [0.25, 0.3) is 0 Å². The van der Waals surface area contributed by atoms with Gasteiger partial charge in [-0.3, -0.25) is 4.72 Å². The van der Waals surface area contributed by atoms with Gasteiger partial charge < -0.3 is 5.11 Å². The number of aliphatic hydroxyl groups excluding tert-OH is 1. The van der Waals surface area contributed by atoms with Crippen LogP contribution in [0, 0.1) is 11.8 Å². The number of sulfonamides is 1. The Morgan fingerprint density at radius 1 is 1.44 bits per heavy atom. The van der Waals surface area contributed by atoms with E-state index in [0.29, 0.717) is 29.1 Å². The number of hydrogen-bond donors (Lipinski definition) is 2. The predicted octanol–water partition coefficient (Wildman–Crippen LogP) is 1.59. The zero-order chi connectivity index (χ0) is 13.2. The molecule has 0 aromatic heterocycles. The van der Waals surface area contributed by atoms with Gasteiger partial charge in [-0.1, -0.05) is 23.4 Å². The summed E-state index contributed by atoms with van der Waals surface area (Å²) in [6.45, 7) is -0.280. The molecule has 6 heteroatoms. The van der Waals surface area contributed by atoms with Crippen LogP contribution in [0.4, 0.5) is 5.69 Å². The highest BCUT2D eigenvalue weighted by Gasteiger charge is 2.36. The smallest absolute Gasteiger partial charge is 0.235 e. The first-order chi connectivity index (χ1) is 8.53. The maximum atomic E-state index is 11.8. The van der Waals surface area contributed by atoms with E-state index in [4.69, 9.17) is 16.7 Å². The summed E-state index contributed by atoms with van der Waals surface area (Å²) >= 11 is 5.84. The lowest BCUT2D eigenvalue weighted by molar-refractivity contribution is 0.350. The standard InChI is InChI=1S/C12H12ClNO3S/c13-10-4-3-9(2-1-7-15)12(8-10)14-18(16,17)11-5-6-11/h3-4,8,11,14-15H,5-7H2. The van der Waals surface area contributed by atoms with Gasteiger partial charge in [0.15, 0.2) is 0 Å². The molecule has 4 nitrogen and oxygen atoms in total. The van der Waals surface area contributed by atoms with Crippen LogP contribution in [0.5, 0.6) is 0 Å². The number of aliphatic hydroxyl groups is 1. The van der Waals surface area contributed by atoms with Gasteiger partial charge in [-0.05, 0) is 31.0 Å². The van der Waals surface area contributed by atoms with Crippen LogP contribution >= 0.6 is 11.6 Å². The molecule has 2 N–H and O–H groups in total. The first-order valence-electron chi connectivity index (χ1n) is 5.44. The molecular weight excluding hydrogens is 274 g/mol. The first kappa shape index (κ1) is 13.2. The predicted molar refractivity (Wildman–Crippen MR) is 71.0 cm³/mol. The second-order valence-corrected chi connectivity index (χ2v) is 6.39. The van der Waals surface area contributed by atoms with E-state index >= 15 is 0 Å². The molecule has 0 heterocycles. The van der Waals surface area contributed by atoms with E-state index in [-0.39, 0.29) is 11.9 Å². The van der Waals surface area contributed by atoms with Crippen LogP contribution < -0.4 is 4.72 Å². The third-order valence-corrected chi connectivity index (χ3v) is 4.59. The SMILES string of the molecule is O=S(=O)(Nc1cc(Cl)ccc1C#CCO)C1CC1. The molecule has 1 fully saturated rings. The molecule has 1 aliphatic carbocycles. The van der Waals surface area contributed by atoms with Crippen molar-refractivity contribution in [3.05, 3.63) is 28.8 Å². The fourth-order valence-electron chi connectivity index (χ4n) is 1.46. The summed E-state index contributed by atoms with van der Waals surface area (Å²) < 4.78 is 26.2. The molecule has 0 radical (unpaired) electrons. The number of hydrogen-bond acceptors (Lipinski definition) is 3. The lowest BCUT2D eigenvalue weighted by Gasteiger charge is -2.09. The lowest BCUT2D eigenvalue weighted by Crippen LogP contribution is -2.18. The minimum Gasteiger partial charge on any atom is -0.384 e. The van der Waals surface area contributed by atoms with Gasteiger partial charge in [0.25, 0.3) is 0 Å². The van der Waals surface area contributed by atoms with E-state index in [1.807, 2.05) is 0 Å². The van der Waals surface area contributed by atoms with Crippen molar-refractivity contribution in [2.75, 3.05) is 11.3 Å². The largest absolute Gasteiger partial charge is 0.384 e. The summed E-state index contributed by atoms with van der Waals surface area (Å²) in [5, 5.41) is 8.78. The average molecular weight is 286 g/mol. The normalized spacial score (nSPS) is 14.8. The Balaban J connectivity index is 2.33. The fourth-order valence-corrected chi connectivity index (χ4v) is 3.03. The highest BCUT2D eigenvalue weighted by molar-refractivity contribution is 7.93. The molecule has 0 unspecified atom stereocenters. The second kappa shape index (κ2) is 5.19.